The Hall–Kier alpha value is -3.05. The van der Waals surface area contributed by atoms with Gasteiger partial charge in [-0.05, 0) is 24.1 Å². The monoisotopic (exact) mass is 456 g/mol. The summed E-state index contributed by atoms with van der Waals surface area (Å²) in [6.07, 6.45) is 2.06. The maximum Gasteiger partial charge on any atom is 0.168 e. The first kappa shape index (κ1) is 18.9. The van der Waals surface area contributed by atoms with Crippen molar-refractivity contribution in [2.75, 3.05) is 0 Å². The largest absolute Gasteiger partial charge is 0.277 e. The van der Waals surface area contributed by atoms with Crippen LogP contribution in [0.4, 0.5) is 0 Å². The van der Waals surface area contributed by atoms with Crippen LogP contribution in [0.25, 0.3) is 17.1 Å². The maximum absolute atomic E-state index is 5.05. The summed E-state index contributed by atoms with van der Waals surface area (Å²) in [4.78, 5) is 5.05. The average molecular weight is 457 g/mol. The molecule has 30 heavy (non-hydrogen) atoms. The van der Waals surface area contributed by atoms with Gasteiger partial charge in [-0.1, -0.05) is 89.9 Å². The number of aliphatic imine (C=N–C) groups is 1. The lowest BCUT2D eigenvalue weighted by atomic mass is 9.93. The van der Waals surface area contributed by atoms with Crippen molar-refractivity contribution in [3.8, 4) is 17.1 Å². The van der Waals surface area contributed by atoms with Crippen LogP contribution in [0.2, 0.25) is 0 Å². The lowest BCUT2D eigenvalue weighted by molar-refractivity contribution is 0.869. The highest BCUT2D eigenvalue weighted by Crippen LogP contribution is 2.33. The molecular formula is C25H21BrN4. The molecule has 0 saturated carbocycles. The lowest BCUT2D eigenvalue weighted by Gasteiger charge is -2.18. The molecule has 0 spiro atoms. The Bertz CT molecular complexity index is 1240. The maximum atomic E-state index is 5.05. The molecule has 0 N–H and O–H groups in total. The molecule has 0 unspecified atom stereocenters. The molecule has 5 rings (SSSR count). The number of fused-ring (bicyclic) bond motifs is 3. The Morgan fingerprint density at radius 3 is 2.50 bits per heavy atom. The molecule has 1 aromatic heterocycles. The van der Waals surface area contributed by atoms with E-state index in [1.165, 1.54) is 11.1 Å². The summed E-state index contributed by atoms with van der Waals surface area (Å²) in [5.41, 5.74) is 6.71. The van der Waals surface area contributed by atoms with Gasteiger partial charge < -0.3 is 0 Å². The number of hydrogen-bond acceptors (Lipinski definition) is 3. The van der Waals surface area contributed by atoms with E-state index < -0.39 is 0 Å². The van der Waals surface area contributed by atoms with Crippen molar-refractivity contribution < 1.29 is 0 Å². The topological polar surface area (TPSA) is 43.1 Å². The molecule has 148 valence electrons. The molecule has 3 aromatic carbocycles. The number of hydrogen-bond donors (Lipinski definition) is 0. The minimum atomic E-state index is 0.483. The molecule has 0 bridgehead atoms. The van der Waals surface area contributed by atoms with Gasteiger partial charge in [-0.2, -0.15) is 0 Å². The zero-order chi connectivity index (χ0) is 20.5. The SMILES string of the molecule is CCCc1cccc2c1C(c1ccccc1Br)=NCc1nnc(-c3ccccc3)n1-2. The molecule has 2 heterocycles. The highest BCUT2D eigenvalue weighted by molar-refractivity contribution is 9.10. The van der Waals surface area contributed by atoms with Crippen LogP contribution < -0.4 is 0 Å². The fourth-order valence-corrected chi connectivity index (χ4v) is 4.54. The van der Waals surface area contributed by atoms with Gasteiger partial charge in [0.2, 0.25) is 0 Å². The smallest absolute Gasteiger partial charge is 0.168 e. The molecular weight excluding hydrogens is 436 g/mol. The lowest BCUT2D eigenvalue weighted by Crippen LogP contribution is -2.12. The first-order valence-corrected chi connectivity index (χ1v) is 11.0. The Balaban J connectivity index is 1.80. The second kappa shape index (κ2) is 8.00. The van der Waals surface area contributed by atoms with Crippen molar-refractivity contribution in [3.63, 3.8) is 0 Å². The van der Waals surface area contributed by atoms with E-state index in [1.54, 1.807) is 0 Å². The number of benzene rings is 3. The number of nitrogens with zero attached hydrogens (tertiary/aromatic N) is 4. The molecule has 0 amide bonds. The Morgan fingerprint density at radius 2 is 1.70 bits per heavy atom. The van der Waals surface area contributed by atoms with Gasteiger partial charge in [0, 0.05) is 21.2 Å². The predicted octanol–water partition coefficient (Wildman–Crippen LogP) is 6.00. The Morgan fingerprint density at radius 1 is 0.900 bits per heavy atom. The summed E-state index contributed by atoms with van der Waals surface area (Å²) in [5.74, 6) is 1.70. The zero-order valence-corrected chi connectivity index (χ0v) is 18.3. The molecule has 5 heteroatoms. The first-order chi connectivity index (χ1) is 14.8. The zero-order valence-electron chi connectivity index (χ0n) is 16.7. The van der Waals surface area contributed by atoms with Crippen molar-refractivity contribution in [1.29, 1.82) is 0 Å². The van der Waals surface area contributed by atoms with Crippen LogP contribution in [0.1, 0.15) is 35.9 Å². The van der Waals surface area contributed by atoms with Crippen LogP contribution in [0.5, 0.6) is 0 Å². The third-order valence-electron chi connectivity index (χ3n) is 5.40. The van der Waals surface area contributed by atoms with Gasteiger partial charge in [-0.25, -0.2) is 0 Å². The summed E-state index contributed by atoms with van der Waals surface area (Å²) in [7, 11) is 0. The van der Waals surface area contributed by atoms with Crippen LogP contribution in [0.3, 0.4) is 0 Å². The van der Waals surface area contributed by atoms with Crippen molar-refractivity contribution in [2.24, 2.45) is 4.99 Å². The average Bonchev–Trinajstić information content (AvgIpc) is 3.13. The van der Waals surface area contributed by atoms with Crippen LogP contribution in [-0.2, 0) is 13.0 Å². The van der Waals surface area contributed by atoms with Crippen molar-refractivity contribution in [2.45, 2.75) is 26.3 Å². The van der Waals surface area contributed by atoms with Crippen LogP contribution in [-0.4, -0.2) is 20.5 Å². The number of rotatable bonds is 4. The molecule has 0 aliphatic carbocycles. The van der Waals surface area contributed by atoms with Crippen molar-refractivity contribution >= 4 is 21.6 Å². The molecule has 1 aliphatic heterocycles. The van der Waals surface area contributed by atoms with Gasteiger partial charge in [0.05, 0.1) is 11.4 Å². The van der Waals surface area contributed by atoms with Gasteiger partial charge in [0.1, 0.15) is 6.54 Å². The van der Waals surface area contributed by atoms with Gasteiger partial charge >= 0.3 is 0 Å². The second-order valence-electron chi connectivity index (χ2n) is 7.35. The fourth-order valence-electron chi connectivity index (χ4n) is 4.07. The standard InChI is InChI=1S/C25H21BrN4/c1-2-9-17-12-8-15-21-23(17)24(19-13-6-7-14-20(19)26)27-16-22-28-29-25(30(21)22)18-10-4-3-5-11-18/h3-8,10-15H,2,9,16H2,1H3. The third kappa shape index (κ3) is 3.19. The van der Waals surface area contributed by atoms with E-state index in [9.17, 15) is 0 Å². The van der Waals surface area contributed by atoms with E-state index in [1.807, 2.05) is 24.3 Å². The quantitative estimate of drug-likeness (QED) is 0.377. The molecule has 0 fully saturated rings. The number of aryl methyl sites for hydroxylation is 1. The Labute approximate surface area is 184 Å². The summed E-state index contributed by atoms with van der Waals surface area (Å²) >= 11 is 3.73. The minimum absolute atomic E-state index is 0.483. The van der Waals surface area contributed by atoms with Crippen LogP contribution in [0, 0.1) is 0 Å². The van der Waals surface area contributed by atoms with E-state index in [0.29, 0.717) is 6.54 Å². The molecule has 1 aliphatic rings. The summed E-state index contributed by atoms with van der Waals surface area (Å²) in [6, 6.07) is 25.0. The number of aromatic nitrogens is 3. The molecule has 0 radical (unpaired) electrons. The normalized spacial score (nSPS) is 12.7. The molecule has 0 atom stereocenters. The fraction of sp³-hybridized carbons (Fsp3) is 0.160. The van der Waals surface area contributed by atoms with Crippen molar-refractivity contribution in [1.82, 2.24) is 14.8 Å². The van der Waals surface area contributed by atoms with E-state index in [4.69, 9.17) is 4.99 Å². The number of halogens is 1. The molecule has 0 saturated heterocycles. The van der Waals surface area contributed by atoms with Gasteiger partial charge in [-0.3, -0.25) is 9.56 Å². The van der Waals surface area contributed by atoms with E-state index in [-0.39, 0.29) is 0 Å². The highest BCUT2D eigenvalue weighted by Gasteiger charge is 2.26. The summed E-state index contributed by atoms with van der Waals surface area (Å²) in [6.45, 7) is 2.70. The van der Waals surface area contributed by atoms with Gasteiger partial charge in [0.25, 0.3) is 0 Å². The molecule has 4 nitrogen and oxygen atoms in total. The second-order valence-corrected chi connectivity index (χ2v) is 8.20. The first-order valence-electron chi connectivity index (χ1n) is 10.2. The van der Waals surface area contributed by atoms with Crippen LogP contribution in [0.15, 0.2) is 82.3 Å². The van der Waals surface area contributed by atoms with Crippen LogP contribution >= 0.6 is 15.9 Å². The van der Waals surface area contributed by atoms with E-state index in [2.05, 4.69) is 86.1 Å². The van der Waals surface area contributed by atoms with E-state index in [0.717, 1.165) is 51.5 Å². The minimum Gasteiger partial charge on any atom is -0.277 e. The van der Waals surface area contributed by atoms with Gasteiger partial charge in [-0.15, -0.1) is 10.2 Å². The third-order valence-corrected chi connectivity index (χ3v) is 6.09. The van der Waals surface area contributed by atoms with E-state index >= 15 is 0 Å². The summed E-state index contributed by atoms with van der Waals surface area (Å²) < 4.78 is 3.22. The molecule has 4 aromatic rings. The summed E-state index contributed by atoms with van der Waals surface area (Å²) in [5, 5.41) is 9.05. The van der Waals surface area contributed by atoms with Gasteiger partial charge in [0.15, 0.2) is 11.6 Å². The predicted molar refractivity (Wildman–Crippen MR) is 124 cm³/mol. The highest BCUT2D eigenvalue weighted by atomic mass is 79.9. The van der Waals surface area contributed by atoms with Crippen molar-refractivity contribution in [3.05, 3.63) is 99.8 Å². The Kier molecular flexibility index (Phi) is 5.05.